The number of rotatable bonds is 3. The molecular weight excluding hydrogens is 350 g/mol. The highest BCUT2D eigenvalue weighted by Crippen LogP contribution is 2.26. The zero-order valence-electron chi connectivity index (χ0n) is 11.5. The lowest BCUT2D eigenvalue weighted by Gasteiger charge is -2.14. The molecule has 0 unspecified atom stereocenters. The van der Waals surface area contributed by atoms with Gasteiger partial charge in [-0.25, -0.2) is 4.98 Å². The molecule has 1 aliphatic heterocycles. The number of amides is 1. The number of likely N-dealkylation sites (tertiary alicyclic amines) is 1. The Bertz CT molecular complexity index is 658. The van der Waals surface area contributed by atoms with Gasteiger partial charge in [-0.2, -0.15) is 0 Å². The molecule has 2 N–H and O–H groups in total. The van der Waals surface area contributed by atoms with Crippen LogP contribution in [0.15, 0.2) is 34.1 Å². The minimum atomic E-state index is 0.119. The van der Waals surface area contributed by atoms with Crippen molar-refractivity contribution in [1.82, 2.24) is 9.88 Å². The zero-order valence-corrected chi connectivity index (χ0v) is 13.9. The summed E-state index contributed by atoms with van der Waals surface area (Å²) in [6.07, 6.45) is 1.25. The van der Waals surface area contributed by atoms with Crippen molar-refractivity contribution in [2.45, 2.75) is 18.9 Å². The maximum atomic E-state index is 12.2. The predicted octanol–water partition coefficient (Wildman–Crippen LogP) is 2.67. The lowest BCUT2D eigenvalue weighted by atomic mass is 10.2. The third kappa shape index (κ3) is 3.51. The van der Waals surface area contributed by atoms with Gasteiger partial charge in [0.1, 0.15) is 5.01 Å². The molecule has 2 aromatic rings. The Hall–Kier alpha value is -1.24. The van der Waals surface area contributed by atoms with Crippen LogP contribution in [0, 0.1) is 0 Å². The summed E-state index contributed by atoms with van der Waals surface area (Å²) < 4.78 is 1.03. The van der Waals surface area contributed by atoms with Crippen LogP contribution in [0.1, 0.15) is 12.1 Å². The highest BCUT2D eigenvalue weighted by Gasteiger charge is 2.24. The topological polar surface area (TPSA) is 59.2 Å². The van der Waals surface area contributed by atoms with E-state index in [1.165, 1.54) is 0 Å². The Morgan fingerprint density at radius 1 is 1.52 bits per heavy atom. The van der Waals surface area contributed by atoms with Crippen molar-refractivity contribution in [3.05, 3.63) is 39.8 Å². The summed E-state index contributed by atoms with van der Waals surface area (Å²) in [5.41, 5.74) is 7.74. The van der Waals surface area contributed by atoms with E-state index in [1.54, 1.807) is 11.3 Å². The average molecular weight is 366 g/mol. The fraction of sp³-hybridized carbons (Fsp3) is 0.333. The van der Waals surface area contributed by atoms with Gasteiger partial charge in [0.25, 0.3) is 0 Å². The van der Waals surface area contributed by atoms with Crippen LogP contribution in [0.3, 0.4) is 0 Å². The van der Waals surface area contributed by atoms with Gasteiger partial charge in [-0.3, -0.25) is 4.79 Å². The van der Waals surface area contributed by atoms with Crippen LogP contribution in [0.2, 0.25) is 0 Å². The van der Waals surface area contributed by atoms with E-state index in [2.05, 4.69) is 20.9 Å². The molecule has 1 aromatic heterocycles. The summed E-state index contributed by atoms with van der Waals surface area (Å²) in [6.45, 7) is 1.43. The number of carbonyl (C=O) groups excluding carboxylic acids is 1. The van der Waals surface area contributed by atoms with Crippen molar-refractivity contribution in [3.63, 3.8) is 0 Å². The molecule has 1 aromatic carbocycles. The summed E-state index contributed by atoms with van der Waals surface area (Å²) in [4.78, 5) is 18.6. The molecule has 0 saturated carbocycles. The Morgan fingerprint density at radius 3 is 3.10 bits per heavy atom. The minimum Gasteiger partial charge on any atom is -0.341 e. The van der Waals surface area contributed by atoms with Crippen molar-refractivity contribution in [2.24, 2.45) is 5.73 Å². The van der Waals surface area contributed by atoms with Crippen molar-refractivity contribution >= 4 is 33.2 Å². The molecule has 1 saturated heterocycles. The maximum Gasteiger partial charge on any atom is 0.228 e. The Balaban J connectivity index is 1.69. The number of carbonyl (C=O) groups is 1. The van der Waals surface area contributed by atoms with Gasteiger partial charge in [0.15, 0.2) is 0 Å². The van der Waals surface area contributed by atoms with E-state index in [4.69, 9.17) is 5.73 Å². The molecule has 4 nitrogen and oxygen atoms in total. The van der Waals surface area contributed by atoms with Crippen LogP contribution in [0.5, 0.6) is 0 Å². The smallest absolute Gasteiger partial charge is 0.228 e. The average Bonchev–Trinajstić information content (AvgIpc) is 3.08. The molecule has 3 rings (SSSR count). The quantitative estimate of drug-likeness (QED) is 0.909. The minimum absolute atomic E-state index is 0.119. The number of halogens is 1. The van der Waals surface area contributed by atoms with E-state index in [0.717, 1.165) is 33.7 Å². The van der Waals surface area contributed by atoms with Gasteiger partial charge >= 0.3 is 0 Å². The standard InChI is InChI=1S/C15H16BrN3OS/c16-11-3-1-2-10(6-11)15-18-13(9-21-15)7-14(20)19-5-4-12(17)8-19/h1-3,6,9,12H,4-5,7-8,17H2/t12-/m1/s1. The molecule has 1 aliphatic rings. The lowest BCUT2D eigenvalue weighted by Crippen LogP contribution is -2.32. The number of benzene rings is 1. The molecule has 1 fully saturated rings. The van der Waals surface area contributed by atoms with E-state index >= 15 is 0 Å². The molecule has 0 bridgehead atoms. The Morgan fingerprint density at radius 2 is 2.38 bits per heavy atom. The van der Waals surface area contributed by atoms with Crippen LogP contribution in [0.25, 0.3) is 10.6 Å². The fourth-order valence-electron chi connectivity index (χ4n) is 2.42. The molecule has 6 heteroatoms. The fourth-order valence-corrected chi connectivity index (χ4v) is 3.64. The van der Waals surface area contributed by atoms with Gasteiger partial charge in [-0.05, 0) is 18.6 Å². The van der Waals surface area contributed by atoms with E-state index < -0.39 is 0 Å². The molecule has 1 amide bonds. The summed E-state index contributed by atoms with van der Waals surface area (Å²) in [5, 5.41) is 2.90. The first-order chi connectivity index (χ1) is 10.1. The molecular formula is C15H16BrN3OS. The predicted molar refractivity (Wildman–Crippen MR) is 88.1 cm³/mol. The van der Waals surface area contributed by atoms with Crippen molar-refractivity contribution in [1.29, 1.82) is 0 Å². The number of aromatic nitrogens is 1. The van der Waals surface area contributed by atoms with E-state index in [9.17, 15) is 4.79 Å². The van der Waals surface area contributed by atoms with Crippen LogP contribution < -0.4 is 5.73 Å². The molecule has 1 atom stereocenters. The van der Waals surface area contributed by atoms with Crippen LogP contribution >= 0.6 is 27.3 Å². The summed E-state index contributed by atoms with van der Waals surface area (Å²) >= 11 is 5.03. The van der Waals surface area contributed by atoms with Crippen molar-refractivity contribution in [3.8, 4) is 10.6 Å². The molecule has 0 aliphatic carbocycles. The van der Waals surface area contributed by atoms with Gasteiger partial charge in [0, 0.05) is 34.5 Å². The second-order valence-corrected chi connectivity index (χ2v) is 6.99. The second kappa shape index (κ2) is 6.25. The van der Waals surface area contributed by atoms with Crippen LogP contribution in [-0.2, 0) is 11.2 Å². The maximum absolute atomic E-state index is 12.2. The van der Waals surface area contributed by atoms with Gasteiger partial charge in [0.05, 0.1) is 12.1 Å². The number of nitrogens with zero attached hydrogens (tertiary/aromatic N) is 2. The van der Waals surface area contributed by atoms with E-state index in [1.807, 2.05) is 34.5 Å². The molecule has 2 heterocycles. The molecule has 110 valence electrons. The van der Waals surface area contributed by atoms with Gasteiger partial charge < -0.3 is 10.6 Å². The monoisotopic (exact) mass is 365 g/mol. The van der Waals surface area contributed by atoms with Gasteiger partial charge in [-0.1, -0.05) is 28.1 Å². The molecule has 0 spiro atoms. The largest absolute Gasteiger partial charge is 0.341 e. The first-order valence-corrected chi connectivity index (χ1v) is 8.53. The van der Waals surface area contributed by atoms with Gasteiger partial charge in [0.2, 0.25) is 5.91 Å². The zero-order chi connectivity index (χ0) is 14.8. The number of thiazole rings is 1. The third-order valence-corrected chi connectivity index (χ3v) is 4.97. The lowest BCUT2D eigenvalue weighted by molar-refractivity contribution is -0.129. The summed E-state index contributed by atoms with van der Waals surface area (Å²) in [5.74, 6) is 0.119. The van der Waals surface area contributed by atoms with Crippen molar-refractivity contribution < 1.29 is 4.79 Å². The van der Waals surface area contributed by atoms with Gasteiger partial charge in [-0.15, -0.1) is 11.3 Å². The SMILES string of the molecule is N[C@@H]1CCN(C(=O)Cc2csc(-c3cccc(Br)c3)n2)C1. The highest BCUT2D eigenvalue weighted by atomic mass is 79.9. The second-order valence-electron chi connectivity index (χ2n) is 5.22. The highest BCUT2D eigenvalue weighted by molar-refractivity contribution is 9.10. The van der Waals surface area contributed by atoms with Crippen LogP contribution in [0.4, 0.5) is 0 Å². The molecule has 21 heavy (non-hydrogen) atoms. The Labute approximate surface area is 136 Å². The first kappa shape index (κ1) is 14.7. The number of nitrogens with two attached hydrogens (primary N) is 1. The van der Waals surface area contributed by atoms with E-state index in [-0.39, 0.29) is 11.9 Å². The number of hydrogen-bond donors (Lipinski definition) is 1. The third-order valence-electron chi connectivity index (χ3n) is 3.53. The molecule has 0 radical (unpaired) electrons. The summed E-state index contributed by atoms with van der Waals surface area (Å²) in [6, 6.07) is 8.15. The van der Waals surface area contributed by atoms with E-state index in [0.29, 0.717) is 13.0 Å². The Kier molecular flexibility index (Phi) is 4.37. The normalized spacial score (nSPS) is 18.2. The van der Waals surface area contributed by atoms with Crippen molar-refractivity contribution in [2.75, 3.05) is 13.1 Å². The van der Waals surface area contributed by atoms with Crippen LogP contribution in [-0.4, -0.2) is 34.9 Å². The first-order valence-electron chi connectivity index (χ1n) is 6.85. The number of hydrogen-bond acceptors (Lipinski definition) is 4. The summed E-state index contributed by atoms with van der Waals surface area (Å²) in [7, 11) is 0.